The molecule has 0 fully saturated rings. The second kappa shape index (κ2) is 6.26. The minimum atomic E-state index is -3.30. The van der Waals surface area contributed by atoms with Gasteiger partial charge in [-0.1, -0.05) is 12.1 Å². The first-order chi connectivity index (χ1) is 10.5. The smallest absolute Gasteiger partial charge is 0.245 e. The van der Waals surface area contributed by atoms with Crippen LogP contribution >= 0.6 is 11.3 Å². The molecule has 0 radical (unpaired) electrons. The number of sulfonamides is 1. The molecule has 0 bridgehead atoms. The van der Waals surface area contributed by atoms with Gasteiger partial charge in [-0.2, -0.15) is 0 Å². The summed E-state index contributed by atoms with van der Waals surface area (Å²) in [6.45, 7) is 3.23. The molecular formula is C14H18N4O3S2. The van der Waals surface area contributed by atoms with Crippen molar-refractivity contribution in [3.8, 4) is 11.3 Å². The number of rotatable bonds is 5. The fourth-order valence-corrected chi connectivity index (χ4v) is 2.92. The summed E-state index contributed by atoms with van der Waals surface area (Å²) < 4.78 is 24.7. The Bertz CT molecular complexity index is 805. The van der Waals surface area contributed by atoms with E-state index in [1.807, 2.05) is 0 Å². The van der Waals surface area contributed by atoms with Crippen LogP contribution in [0, 0.1) is 0 Å². The molecule has 0 saturated heterocycles. The number of aromatic nitrogens is 1. The zero-order valence-electron chi connectivity index (χ0n) is 13.0. The lowest BCUT2D eigenvalue weighted by atomic mass is 10.1. The Morgan fingerprint density at radius 3 is 2.39 bits per heavy atom. The first kappa shape index (κ1) is 17.4. The molecule has 2 aromatic rings. The van der Waals surface area contributed by atoms with Gasteiger partial charge in [0.25, 0.3) is 0 Å². The fourth-order valence-electron chi connectivity index (χ4n) is 1.65. The fraction of sp³-hybridized carbons (Fsp3) is 0.286. The monoisotopic (exact) mass is 354 g/mol. The second-order valence-corrected chi connectivity index (χ2v) is 8.27. The van der Waals surface area contributed by atoms with Gasteiger partial charge in [0, 0.05) is 16.6 Å². The summed E-state index contributed by atoms with van der Waals surface area (Å²) in [5.74, 6) is -0.314. The molecule has 0 saturated carbocycles. The van der Waals surface area contributed by atoms with Crippen LogP contribution in [0.1, 0.15) is 13.8 Å². The van der Waals surface area contributed by atoms with Crippen molar-refractivity contribution >= 4 is 38.1 Å². The maximum absolute atomic E-state index is 11.8. The average Bonchev–Trinajstić information content (AvgIpc) is 2.85. The number of hydrogen-bond donors (Lipinski definition) is 3. The van der Waals surface area contributed by atoms with Crippen LogP contribution in [0.15, 0.2) is 29.6 Å². The van der Waals surface area contributed by atoms with Crippen molar-refractivity contribution in [1.29, 1.82) is 0 Å². The summed E-state index contributed by atoms with van der Waals surface area (Å²) in [5, 5.41) is 4.93. The number of carbonyl (C=O) groups excluding carboxylic acids is 1. The molecule has 0 spiro atoms. The largest absolute Gasteiger partial charge is 0.318 e. The molecule has 7 nitrogen and oxygen atoms in total. The predicted molar refractivity (Wildman–Crippen MR) is 92.9 cm³/mol. The van der Waals surface area contributed by atoms with Crippen LogP contribution in [0.4, 0.5) is 10.8 Å². The molecule has 1 heterocycles. The first-order valence-electron chi connectivity index (χ1n) is 6.69. The van der Waals surface area contributed by atoms with E-state index in [0.29, 0.717) is 16.5 Å². The van der Waals surface area contributed by atoms with E-state index < -0.39 is 15.6 Å². The zero-order valence-corrected chi connectivity index (χ0v) is 14.6. The van der Waals surface area contributed by atoms with E-state index >= 15 is 0 Å². The minimum absolute atomic E-state index is 0.314. The standard InChI is InChI=1S/C14H18N4O3S2/c1-14(2,15)12(19)17-13-16-11(8-22-13)9-4-6-10(7-5-9)18-23(3,20)21/h4-8,18H,15H2,1-3H3,(H,16,17,19). The summed E-state index contributed by atoms with van der Waals surface area (Å²) >= 11 is 1.29. The van der Waals surface area contributed by atoms with Gasteiger partial charge >= 0.3 is 0 Å². The number of nitrogens with one attached hydrogen (secondary N) is 2. The Balaban J connectivity index is 2.13. The third-order valence-corrected chi connectivity index (χ3v) is 4.16. The van der Waals surface area contributed by atoms with E-state index in [1.54, 1.807) is 43.5 Å². The molecule has 4 N–H and O–H groups in total. The van der Waals surface area contributed by atoms with Gasteiger partial charge in [-0.15, -0.1) is 11.3 Å². The molecule has 0 unspecified atom stereocenters. The molecule has 9 heteroatoms. The highest BCUT2D eigenvalue weighted by molar-refractivity contribution is 7.92. The van der Waals surface area contributed by atoms with Gasteiger partial charge in [-0.3, -0.25) is 9.52 Å². The van der Waals surface area contributed by atoms with Crippen molar-refractivity contribution in [3.63, 3.8) is 0 Å². The zero-order chi connectivity index (χ0) is 17.3. The van der Waals surface area contributed by atoms with Crippen LogP contribution in [0.3, 0.4) is 0 Å². The number of thiazole rings is 1. The van der Waals surface area contributed by atoms with Gasteiger partial charge in [-0.05, 0) is 26.0 Å². The van der Waals surface area contributed by atoms with Crippen molar-refractivity contribution < 1.29 is 13.2 Å². The summed E-state index contributed by atoms with van der Waals surface area (Å²) in [6, 6.07) is 6.80. The van der Waals surface area contributed by atoms with E-state index in [0.717, 1.165) is 11.8 Å². The van der Waals surface area contributed by atoms with E-state index in [9.17, 15) is 13.2 Å². The molecule has 1 amide bonds. The average molecular weight is 354 g/mol. The molecule has 0 atom stereocenters. The van der Waals surface area contributed by atoms with Crippen LogP contribution in [0.2, 0.25) is 0 Å². The summed E-state index contributed by atoms with van der Waals surface area (Å²) in [5.41, 5.74) is 6.71. The van der Waals surface area contributed by atoms with Gasteiger partial charge in [0.05, 0.1) is 17.5 Å². The summed E-state index contributed by atoms with van der Waals surface area (Å²) in [6.07, 6.45) is 1.09. The quantitative estimate of drug-likeness (QED) is 0.758. The highest BCUT2D eigenvalue weighted by atomic mass is 32.2. The molecular weight excluding hydrogens is 336 g/mol. The Labute approximate surface area is 139 Å². The Kier molecular flexibility index (Phi) is 4.73. The highest BCUT2D eigenvalue weighted by Gasteiger charge is 2.22. The number of hydrogen-bond acceptors (Lipinski definition) is 6. The minimum Gasteiger partial charge on any atom is -0.318 e. The van der Waals surface area contributed by atoms with Gasteiger partial charge in [0.1, 0.15) is 0 Å². The van der Waals surface area contributed by atoms with Crippen LogP contribution in [0.5, 0.6) is 0 Å². The van der Waals surface area contributed by atoms with Crippen LogP contribution < -0.4 is 15.8 Å². The molecule has 0 aliphatic carbocycles. The van der Waals surface area contributed by atoms with Gasteiger partial charge in [0.2, 0.25) is 15.9 Å². The Morgan fingerprint density at radius 1 is 1.26 bits per heavy atom. The highest BCUT2D eigenvalue weighted by Crippen LogP contribution is 2.26. The normalized spacial score (nSPS) is 12.0. The van der Waals surface area contributed by atoms with E-state index in [1.165, 1.54) is 11.3 Å². The Morgan fingerprint density at radius 2 is 1.87 bits per heavy atom. The van der Waals surface area contributed by atoms with Crippen molar-refractivity contribution in [2.24, 2.45) is 5.73 Å². The summed E-state index contributed by atoms with van der Waals surface area (Å²) in [7, 11) is -3.30. The van der Waals surface area contributed by atoms with Crippen LogP contribution in [0.25, 0.3) is 11.3 Å². The van der Waals surface area contributed by atoms with Crippen molar-refractivity contribution in [2.75, 3.05) is 16.3 Å². The topological polar surface area (TPSA) is 114 Å². The van der Waals surface area contributed by atoms with E-state index in [2.05, 4.69) is 15.0 Å². The number of anilines is 2. The van der Waals surface area contributed by atoms with E-state index in [4.69, 9.17) is 5.73 Å². The molecule has 0 aliphatic rings. The summed E-state index contributed by atoms with van der Waals surface area (Å²) in [4.78, 5) is 16.2. The molecule has 1 aromatic carbocycles. The third-order valence-electron chi connectivity index (χ3n) is 2.79. The number of nitrogens with zero attached hydrogens (tertiary/aromatic N) is 1. The number of carbonyl (C=O) groups is 1. The van der Waals surface area contributed by atoms with Crippen molar-refractivity contribution in [2.45, 2.75) is 19.4 Å². The SMILES string of the molecule is CC(C)(N)C(=O)Nc1nc(-c2ccc(NS(C)(=O)=O)cc2)cs1. The van der Waals surface area contributed by atoms with Gasteiger partial charge in [0.15, 0.2) is 5.13 Å². The Hall–Kier alpha value is -1.97. The second-order valence-electron chi connectivity index (χ2n) is 5.67. The lowest BCUT2D eigenvalue weighted by Gasteiger charge is -2.16. The number of nitrogens with two attached hydrogens (primary N) is 1. The molecule has 124 valence electrons. The lowest BCUT2D eigenvalue weighted by Crippen LogP contribution is -2.45. The van der Waals surface area contributed by atoms with Crippen LogP contribution in [-0.4, -0.2) is 31.1 Å². The first-order valence-corrected chi connectivity index (χ1v) is 9.46. The number of amides is 1. The van der Waals surface area contributed by atoms with Gasteiger partial charge < -0.3 is 11.1 Å². The van der Waals surface area contributed by atoms with Gasteiger partial charge in [-0.25, -0.2) is 13.4 Å². The lowest BCUT2D eigenvalue weighted by molar-refractivity contribution is -0.120. The number of benzene rings is 1. The maximum Gasteiger partial charge on any atom is 0.245 e. The van der Waals surface area contributed by atoms with Crippen molar-refractivity contribution in [3.05, 3.63) is 29.6 Å². The maximum atomic E-state index is 11.8. The van der Waals surface area contributed by atoms with E-state index in [-0.39, 0.29) is 5.91 Å². The third kappa shape index (κ3) is 5.02. The molecule has 23 heavy (non-hydrogen) atoms. The molecule has 2 rings (SSSR count). The van der Waals surface area contributed by atoms with Crippen molar-refractivity contribution in [1.82, 2.24) is 4.98 Å². The van der Waals surface area contributed by atoms with Crippen LogP contribution in [-0.2, 0) is 14.8 Å². The predicted octanol–water partition coefficient (Wildman–Crippen LogP) is 1.86. The molecule has 1 aromatic heterocycles. The molecule has 0 aliphatic heterocycles.